The van der Waals surface area contributed by atoms with E-state index < -0.39 is 0 Å². The molecule has 0 spiro atoms. The van der Waals surface area contributed by atoms with Crippen molar-refractivity contribution in [3.8, 4) is 0 Å². The third-order valence-corrected chi connectivity index (χ3v) is 4.86. The van der Waals surface area contributed by atoms with Crippen LogP contribution in [-0.2, 0) is 11.3 Å². The average Bonchev–Trinajstić information content (AvgIpc) is 3.16. The van der Waals surface area contributed by atoms with Crippen LogP contribution < -0.4 is 4.90 Å². The summed E-state index contributed by atoms with van der Waals surface area (Å²) in [6.45, 7) is 2.05. The van der Waals surface area contributed by atoms with Crippen LogP contribution in [0.1, 0.15) is 28.9 Å². The number of carbonyl (C=O) groups excluding carboxylic acids is 1. The monoisotopic (exact) mass is 350 g/mol. The molecule has 1 fully saturated rings. The SMILES string of the molecule is COCc1cc(N2CCC[C@@H](C(=O)c3ccccc3)C2)n2nccc2n1. The maximum atomic E-state index is 12.9. The Balaban J connectivity index is 1.63. The summed E-state index contributed by atoms with van der Waals surface area (Å²) >= 11 is 0. The number of carbonyl (C=O) groups is 1. The highest BCUT2D eigenvalue weighted by Crippen LogP contribution is 2.26. The number of benzene rings is 1. The van der Waals surface area contributed by atoms with E-state index in [1.807, 2.05) is 47.0 Å². The average molecular weight is 350 g/mol. The van der Waals surface area contributed by atoms with Crippen LogP contribution in [0.25, 0.3) is 5.65 Å². The Morgan fingerprint density at radius 1 is 1.27 bits per heavy atom. The van der Waals surface area contributed by atoms with Crippen molar-refractivity contribution in [3.05, 3.63) is 59.9 Å². The van der Waals surface area contributed by atoms with Gasteiger partial charge in [-0.1, -0.05) is 30.3 Å². The molecule has 0 aliphatic carbocycles. The summed E-state index contributed by atoms with van der Waals surface area (Å²) < 4.78 is 7.09. The van der Waals surface area contributed by atoms with Gasteiger partial charge in [0.1, 0.15) is 5.82 Å². The van der Waals surface area contributed by atoms with Crippen LogP contribution in [0, 0.1) is 5.92 Å². The Kier molecular flexibility index (Phi) is 4.67. The first-order valence-corrected chi connectivity index (χ1v) is 8.93. The molecule has 134 valence electrons. The molecule has 0 amide bonds. The number of hydrogen-bond donors (Lipinski definition) is 0. The van der Waals surface area contributed by atoms with Gasteiger partial charge in [-0.05, 0) is 12.8 Å². The maximum Gasteiger partial charge on any atom is 0.167 e. The molecule has 2 aromatic heterocycles. The van der Waals surface area contributed by atoms with Gasteiger partial charge < -0.3 is 9.64 Å². The number of rotatable bonds is 5. The highest BCUT2D eigenvalue weighted by atomic mass is 16.5. The van der Waals surface area contributed by atoms with Crippen molar-refractivity contribution in [1.29, 1.82) is 0 Å². The van der Waals surface area contributed by atoms with Gasteiger partial charge in [-0.2, -0.15) is 9.61 Å². The van der Waals surface area contributed by atoms with Crippen LogP contribution in [0.15, 0.2) is 48.7 Å². The third-order valence-electron chi connectivity index (χ3n) is 4.86. The number of fused-ring (bicyclic) bond motifs is 1. The van der Waals surface area contributed by atoms with E-state index in [1.165, 1.54) is 0 Å². The highest BCUT2D eigenvalue weighted by Gasteiger charge is 2.28. The molecule has 0 N–H and O–H groups in total. The van der Waals surface area contributed by atoms with E-state index >= 15 is 0 Å². The Hall–Kier alpha value is -2.73. The Morgan fingerprint density at radius 2 is 2.12 bits per heavy atom. The van der Waals surface area contributed by atoms with Gasteiger partial charge in [0.2, 0.25) is 0 Å². The van der Waals surface area contributed by atoms with E-state index in [0.717, 1.165) is 42.1 Å². The molecule has 0 radical (unpaired) electrons. The number of piperidine rings is 1. The summed E-state index contributed by atoms with van der Waals surface area (Å²) in [6.07, 6.45) is 3.65. The Bertz CT molecular complexity index is 907. The second kappa shape index (κ2) is 7.25. The minimum Gasteiger partial charge on any atom is -0.378 e. The van der Waals surface area contributed by atoms with E-state index in [9.17, 15) is 4.79 Å². The fraction of sp³-hybridized carbons (Fsp3) is 0.350. The summed E-state index contributed by atoms with van der Waals surface area (Å²) in [6, 6.07) is 13.5. The summed E-state index contributed by atoms with van der Waals surface area (Å²) in [4.78, 5) is 19.7. The molecule has 0 saturated carbocycles. The molecule has 6 nitrogen and oxygen atoms in total. The number of ketones is 1. The quantitative estimate of drug-likeness (QED) is 0.662. The van der Waals surface area contributed by atoms with Crippen LogP contribution in [-0.4, -0.2) is 40.6 Å². The smallest absolute Gasteiger partial charge is 0.167 e. The fourth-order valence-electron chi connectivity index (χ4n) is 3.63. The molecule has 1 aliphatic rings. The van der Waals surface area contributed by atoms with Gasteiger partial charge in [0, 0.05) is 43.8 Å². The minimum absolute atomic E-state index is 0.00389. The molecule has 26 heavy (non-hydrogen) atoms. The summed E-state index contributed by atoms with van der Waals surface area (Å²) in [5.41, 5.74) is 2.46. The normalized spacial score (nSPS) is 17.6. The summed E-state index contributed by atoms with van der Waals surface area (Å²) in [7, 11) is 1.66. The van der Waals surface area contributed by atoms with Crippen LogP contribution >= 0.6 is 0 Å². The lowest BCUT2D eigenvalue weighted by molar-refractivity contribution is 0.0907. The van der Waals surface area contributed by atoms with Crippen molar-refractivity contribution in [1.82, 2.24) is 14.6 Å². The molecule has 6 heteroatoms. The number of hydrogen-bond acceptors (Lipinski definition) is 5. The zero-order chi connectivity index (χ0) is 17.9. The molecule has 0 unspecified atom stereocenters. The molecule has 0 bridgehead atoms. The zero-order valence-corrected chi connectivity index (χ0v) is 14.8. The van der Waals surface area contributed by atoms with Crippen LogP contribution in [0.2, 0.25) is 0 Å². The molecular formula is C20H22N4O2. The Morgan fingerprint density at radius 3 is 2.92 bits per heavy atom. The predicted molar refractivity (Wildman–Crippen MR) is 99.4 cm³/mol. The second-order valence-corrected chi connectivity index (χ2v) is 6.66. The van der Waals surface area contributed by atoms with Crippen molar-refractivity contribution in [2.45, 2.75) is 19.4 Å². The molecule has 3 aromatic rings. The lowest BCUT2D eigenvalue weighted by Crippen LogP contribution is -2.40. The predicted octanol–water partition coefficient (Wildman–Crippen LogP) is 2.98. The molecular weight excluding hydrogens is 328 g/mol. The van der Waals surface area contributed by atoms with Gasteiger partial charge in [0.15, 0.2) is 11.4 Å². The highest BCUT2D eigenvalue weighted by molar-refractivity contribution is 5.98. The van der Waals surface area contributed by atoms with Crippen molar-refractivity contribution >= 4 is 17.2 Å². The number of nitrogens with zero attached hydrogens (tertiary/aromatic N) is 4. The molecule has 1 atom stereocenters. The fourth-order valence-corrected chi connectivity index (χ4v) is 3.63. The van der Waals surface area contributed by atoms with Crippen LogP contribution in [0.5, 0.6) is 0 Å². The molecule has 4 rings (SSSR count). The van der Waals surface area contributed by atoms with Gasteiger partial charge in [0.25, 0.3) is 0 Å². The van der Waals surface area contributed by atoms with Crippen molar-refractivity contribution in [3.63, 3.8) is 0 Å². The third kappa shape index (κ3) is 3.20. The number of Topliss-reactive ketones (excluding diaryl/α,β-unsaturated/α-hetero) is 1. The van der Waals surface area contributed by atoms with Crippen molar-refractivity contribution in [2.24, 2.45) is 5.92 Å². The first kappa shape index (κ1) is 16.7. The summed E-state index contributed by atoms with van der Waals surface area (Å²) in [5.74, 6) is 1.19. The van der Waals surface area contributed by atoms with Gasteiger partial charge >= 0.3 is 0 Å². The van der Waals surface area contributed by atoms with Gasteiger partial charge in [-0.25, -0.2) is 4.98 Å². The summed E-state index contributed by atoms with van der Waals surface area (Å²) in [5, 5.41) is 4.41. The molecule has 1 aliphatic heterocycles. The van der Waals surface area contributed by atoms with E-state index in [1.54, 1.807) is 13.3 Å². The van der Waals surface area contributed by atoms with E-state index in [-0.39, 0.29) is 11.7 Å². The molecule has 1 aromatic carbocycles. The molecule has 1 saturated heterocycles. The standard InChI is InChI=1S/C20H22N4O2/c1-26-14-17-12-19(24-18(22-17)9-10-21-24)23-11-5-8-16(13-23)20(25)15-6-3-2-4-7-15/h2-4,6-7,9-10,12,16H,5,8,11,13-14H2,1H3/t16-/m1/s1. The van der Waals surface area contributed by atoms with Crippen LogP contribution in [0.4, 0.5) is 5.82 Å². The topological polar surface area (TPSA) is 59.7 Å². The largest absolute Gasteiger partial charge is 0.378 e. The van der Waals surface area contributed by atoms with E-state index in [0.29, 0.717) is 13.2 Å². The van der Waals surface area contributed by atoms with Gasteiger partial charge in [-0.15, -0.1) is 0 Å². The Labute approximate surface area is 152 Å². The van der Waals surface area contributed by atoms with Crippen molar-refractivity contribution in [2.75, 3.05) is 25.1 Å². The van der Waals surface area contributed by atoms with Crippen molar-refractivity contribution < 1.29 is 9.53 Å². The maximum absolute atomic E-state index is 12.9. The first-order valence-electron chi connectivity index (χ1n) is 8.93. The van der Waals surface area contributed by atoms with E-state index in [2.05, 4.69) is 15.0 Å². The van der Waals surface area contributed by atoms with Gasteiger partial charge in [0.05, 0.1) is 18.5 Å². The number of aromatic nitrogens is 3. The second-order valence-electron chi connectivity index (χ2n) is 6.66. The number of anilines is 1. The van der Waals surface area contributed by atoms with Gasteiger partial charge in [-0.3, -0.25) is 4.79 Å². The lowest BCUT2D eigenvalue weighted by atomic mass is 9.90. The minimum atomic E-state index is -0.00389. The number of methoxy groups -OCH3 is 1. The van der Waals surface area contributed by atoms with E-state index in [4.69, 9.17) is 4.74 Å². The number of ether oxygens (including phenoxy) is 1. The lowest BCUT2D eigenvalue weighted by Gasteiger charge is -2.33. The van der Waals surface area contributed by atoms with Crippen LogP contribution in [0.3, 0.4) is 0 Å². The zero-order valence-electron chi connectivity index (χ0n) is 14.8. The molecule has 3 heterocycles. The first-order chi connectivity index (χ1) is 12.8.